The molecule has 0 unspecified atom stereocenters. The lowest BCUT2D eigenvalue weighted by Crippen LogP contribution is -2.53. The fourth-order valence-electron chi connectivity index (χ4n) is 6.18. The molecule has 9 nitrogen and oxygen atoms in total. The van der Waals surface area contributed by atoms with Crippen molar-refractivity contribution >= 4 is 5.91 Å². The lowest BCUT2D eigenvalue weighted by atomic mass is 9.72. The van der Waals surface area contributed by atoms with E-state index in [0.29, 0.717) is 49.4 Å². The number of hydrogen-bond acceptors (Lipinski definition) is 7. The highest BCUT2D eigenvalue weighted by atomic mass is 19.4. The monoisotopic (exact) mass is 555 g/mol. The van der Waals surface area contributed by atoms with Gasteiger partial charge in [0.15, 0.2) is 0 Å². The molecule has 2 fully saturated rings. The Morgan fingerprint density at radius 3 is 2.48 bits per heavy atom. The van der Waals surface area contributed by atoms with Crippen LogP contribution in [0.15, 0.2) is 30.6 Å². The largest absolute Gasteiger partial charge is 0.433 e. The summed E-state index contributed by atoms with van der Waals surface area (Å²) >= 11 is 0. The predicted molar refractivity (Wildman–Crippen MR) is 140 cm³/mol. The Kier molecular flexibility index (Phi) is 6.67. The minimum atomic E-state index is -4.61. The number of benzene rings is 1. The second-order valence-corrected chi connectivity index (χ2v) is 11.5. The van der Waals surface area contributed by atoms with Crippen LogP contribution >= 0.6 is 0 Å². The summed E-state index contributed by atoms with van der Waals surface area (Å²) in [6.07, 6.45) is -2.55. The van der Waals surface area contributed by atoms with Gasteiger partial charge in [0, 0.05) is 68.3 Å². The molecule has 2 aromatic heterocycles. The van der Waals surface area contributed by atoms with Crippen molar-refractivity contribution in [3.8, 4) is 11.3 Å². The zero-order valence-corrected chi connectivity index (χ0v) is 22.7. The number of hydrogen-bond donors (Lipinski definition) is 2. The van der Waals surface area contributed by atoms with Gasteiger partial charge in [-0.3, -0.25) is 9.69 Å². The lowest BCUT2D eigenvalue weighted by molar-refractivity contribution is -0.141. The number of nitrogens with one attached hydrogen (secondary N) is 2. The van der Waals surface area contributed by atoms with Gasteiger partial charge in [0.2, 0.25) is 0 Å². The van der Waals surface area contributed by atoms with Crippen LogP contribution in [0.1, 0.15) is 52.4 Å². The van der Waals surface area contributed by atoms with Crippen LogP contribution in [0.4, 0.5) is 13.2 Å². The fourth-order valence-corrected chi connectivity index (χ4v) is 6.18. The molecule has 3 aromatic rings. The number of pyridine rings is 1. The van der Waals surface area contributed by atoms with Gasteiger partial charge in [-0.2, -0.15) is 13.2 Å². The summed E-state index contributed by atoms with van der Waals surface area (Å²) in [6, 6.07) is 7.02. The van der Waals surface area contributed by atoms with E-state index in [4.69, 9.17) is 4.74 Å². The van der Waals surface area contributed by atoms with Gasteiger partial charge in [-0.1, -0.05) is 0 Å². The maximum atomic E-state index is 14.2. The number of halogens is 3. The SMILES string of the molecule is C[C@@H]1CN(Cc2cc(-c3cc4c(cc3C3(Cc5nncn5C)COC3)C(=O)NC4)nc(C(F)(F)F)c2)C[C@H](C)N1. The summed E-state index contributed by atoms with van der Waals surface area (Å²) in [7, 11) is 1.85. The van der Waals surface area contributed by atoms with Gasteiger partial charge < -0.3 is 19.9 Å². The van der Waals surface area contributed by atoms with Gasteiger partial charge in [0.1, 0.15) is 17.8 Å². The minimum absolute atomic E-state index is 0.198. The highest BCUT2D eigenvalue weighted by molar-refractivity contribution is 5.99. The van der Waals surface area contributed by atoms with Crippen molar-refractivity contribution < 1.29 is 22.7 Å². The Morgan fingerprint density at radius 1 is 1.10 bits per heavy atom. The normalized spacial score (nSPS) is 22.6. The number of alkyl halides is 3. The quantitative estimate of drug-likeness (QED) is 0.483. The lowest BCUT2D eigenvalue weighted by Gasteiger charge is -2.43. The third-order valence-electron chi connectivity index (χ3n) is 8.05. The van der Waals surface area contributed by atoms with Gasteiger partial charge in [-0.05, 0) is 54.8 Å². The molecule has 212 valence electrons. The molecule has 0 aliphatic carbocycles. The van der Waals surface area contributed by atoms with Crippen LogP contribution < -0.4 is 10.6 Å². The number of amides is 1. The second-order valence-electron chi connectivity index (χ2n) is 11.5. The number of ether oxygens (including phenoxy) is 1. The van der Waals surface area contributed by atoms with Crippen LogP contribution in [0, 0.1) is 0 Å². The molecule has 3 aliphatic rings. The molecule has 1 amide bonds. The summed E-state index contributed by atoms with van der Waals surface area (Å²) in [4.78, 5) is 19.0. The van der Waals surface area contributed by atoms with E-state index in [1.165, 1.54) is 0 Å². The molecule has 12 heteroatoms. The van der Waals surface area contributed by atoms with Gasteiger partial charge in [-0.25, -0.2) is 4.98 Å². The summed E-state index contributed by atoms with van der Waals surface area (Å²) < 4.78 is 50.0. The van der Waals surface area contributed by atoms with Gasteiger partial charge in [0.25, 0.3) is 5.91 Å². The number of carbonyl (C=O) groups is 1. The molecule has 0 saturated carbocycles. The molecule has 2 N–H and O–H groups in total. The van der Waals surface area contributed by atoms with Crippen LogP contribution in [0.25, 0.3) is 11.3 Å². The third kappa shape index (κ3) is 4.99. The van der Waals surface area contributed by atoms with Crippen LogP contribution in [0.2, 0.25) is 0 Å². The van der Waals surface area contributed by atoms with E-state index in [0.717, 1.165) is 36.1 Å². The number of fused-ring (bicyclic) bond motifs is 1. The molecular formula is C28H32F3N7O2. The molecule has 5 heterocycles. The first-order chi connectivity index (χ1) is 19.0. The fraction of sp³-hybridized carbons (Fsp3) is 0.500. The van der Waals surface area contributed by atoms with Gasteiger partial charge in [-0.15, -0.1) is 10.2 Å². The summed E-state index contributed by atoms with van der Waals surface area (Å²) in [5.41, 5.74) is 1.85. The van der Waals surface area contributed by atoms with Crippen molar-refractivity contribution in [3.63, 3.8) is 0 Å². The summed E-state index contributed by atoms with van der Waals surface area (Å²) in [6.45, 7) is 7.00. The maximum Gasteiger partial charge on any atom is 0.433 e. The van der Waals surface area contributed by atoms with E-state index >= 15 is 0 Å². The standard InChI is InChI=1S/C28H32F3N7O2/c1-16-10-38(11-17(2)34-16)12-18-4-23(35-24(5-18)28(29,30)31)21-6-19-9-32-26(39)20(19)7-22(21)27(13-40-14-27)8-25-36-33-15-37(25)3/h4-7,15-17,34H,8-14H2,1-3H3,(H,32,39)/t16-,17+. The molecule has 0 radical (unpaired) electrons. The van der Waals surface area contributed by atoms with E-state index in [-0.39, 0.29) is 23.7 Å². The van der Waals surface area contributed by atoms with Crippen LogP contribution in [0.3, 0.4) is 0 Å². The van der Waals surface area contributed by atoms with Crippen LogP contribution in [-0.4, -0.2) is 68.9 Å². The van der Waals surface area contributed by atoms with Crippen LogP contribution in [-0.2, 0) is 42.9 Å². The molecule has 3 aliphatic heterocycles. The van der Waals surface area contributed by atoms with E-state index in [1.54, 1.807) is 12.4 Å². The highest BCUT2D eigenvalue weighted by Gasteiger charge is 2.45. The van der Waals surface area contributed by atoms with Crippen molar-refractivity contribution in [2.75, 3.05) is 26.3 Å². The van der Waals surface area contributed by atoms with Crippen molar-refractivity contribution in [1.82, 2.24) is 35.3 Å². The Bertz CT molecular complexity index is 1440. The summed E-state index contributed by atoms with van der Waals surface area (Å²) in [5, 5.41) is 14.5. The number of nitrogens with zero attached hydrogens (tertiary/aromatic N) is 5. The minimum Gasteiger partial charge on any atom is -0.379 e. The number of carbonyl (C=O) groups excluding carboxylic acids is 1. The topological polar surface area (TPSA) is 97.2 Å². The zero-order chi connectivity index (χ0) is 28.2. The molecule has 1 aromatic carbocycles. The van der Waals surface area contributed by atoms with Crippen molar-refractivity contribution in [1.29, 1.82) is 0 Å². The van der Waals surface area contributed by atoms with E-state index < -0.39 is 17.3 Å². The summed E-state index contributed by atoms with van der Waals surface area (Å²) in [5.74, 6) is 0.523. The Hall–Kier alpha value is -3.35. The first-order valence-corrected chi connectivity index (χ1v) is 13.4. The second kappa shape index (κ2) is 9.93. The number of rotatable bonds is 6. The maximum absolute atomic E-state index is 14.2. The van der Waals surface area contributed by atoms with E-state index in [1.807, 2.05) is 23.7 Å². The molecular weight excluding hydrogens is 523 g/mol. The Morgan fingerprint density at radius 2 is 1.85 bits per heavy atom. The first-order valence-electron chi connectivity index (χ1n) is 13.4. The molecule has 2 saturated heterocycles. The van der Waals surface area contributed by atoms with Crippen LogP contribution in [0.5, 0.6) is 0 Å². The average Bonchev–Trinajstić information content (AvgIpc) is 3.43. The Labute approximate surface area is 230 Å². The number of aromatic nitrogens is 4. The number of piperazine rings is 1. The van der Waals surface area contributed by atoms with E-state index in [9.17, 15) is 18.0 Å². The highest BCUT2D eigenvalue weighted by Crippen LogP contribution is 2.43. The molecule has 2 atom stereocenters. The molecule has 0 bridgehead atoms. The first kappa shape index (κ1) is 26.9. The zero-order valence-electron chi connectivity index (χ0n) is 22.7. The Balaban J connectivity index is 1.48. The molecule has 6 rings (SSSR count). The molecule has 40 heavy (non-hydrogen) atoms. The smallest absolute Gasteiger partial charge is 0.379 e. The van der Waals surface area contributed by atoms with Crippen molar-refractivity contribution in [2.24, 2.45) is 7.05 Å². The number of aryl methyl sites for hydroxylation is 1. The predicted octanol–water partition coefficient (Wildman–Crippen LogP) is 2.83. The van der Waals surface area contributed by atoms with Gasteiger partial charge >= 0.3 is 6.18 Å². The van der Waals surface area contributed by atoms with Crippen molar-refractivity contribution in [2.45, 2.75) is 57.0 Å². The third-order valence-corrected chi connectivity index (χ3v) is 8.05. The van der Waals surface area contributed by atoms with E-state index in [2.05, 4.69) is 44.6 Å². The van der Waals surface area contributed by atoms with Crippen molar-refractivity contribution in [3.05, 3.63) is 64.4 Å². The molecule has 0 spiro atoms. The van der Waals surface area contributed by atoms with Gasteiger partial charge in [0.05, 0.1) is 18.9 Å². The average molecular weight is 556 g/mol.